The molecule has 0 aliphatic rings. The minimum Gasteiger partial charge on any atom is -0.347 e. The molecule has 2 rings (SSSR count). The van der Waals surface area contributed by atoms with Crippen LogP contribution in [-0.2, 0) is 24.2 Å². The van der Waals surface area contributed by atoms with Crippen molar-refractivity contribution < 1.29 is 4.79 Å². The topological polar surface area (TPSA) is 46.9 Å². The Morgan fingerprint density at radius 3 is 2.46 bits per heavy atom. The third-order valence-electron chi connectivity index (χ3n) is 3.61. The first-order chi connectivity index (χ1) is 11.6. The molecule has 0 fully saturated rings. The van der Waals surface area contributed by atoms with Gasteiger partial charge < -0.3 is 5.32 Å². The Balaban J connectivity index is 2.51. The van der Waals surface area contributed by atoms with Gasteiger partial charge in [-0.1, -0.05) is 36.9 Å². The summed E-state index contributed by atoms with van der Waals surface area (Å²) < 4.78 is 2.08. The van der Waals surface area contributed by atoms with E-state index in [1.165, 1.54) is 0 Å². The van der Waals surface area contributed by atoms with Crippen LogP contribution in [0.5, 0.6) is 0 Å². The Morgan fingerprint density at radius 2 is 1.88 bits per heavy atom. The number of allylic oxidation sites excluding steroid dienone is 2. The van der Waals surface area contributed by atoms with Crippen molar-refractivity contribution in [1.82, 2.24) is 14.9 Å². The van der Waals surface area contributed by atoms with Gasteiger partial charge in [0.1, 0.15) is 5.82 Å². The van der Waals surface area contributed by atoms with E-state index in [1.807, 2.05) is 42.5 Å². The molecule has 1 heterocycles. The Hall–Kier alpha value is -2.88. The number of carbonyl (C=O) groups is 1. The summed E-state index contributed by atoms with van der Waals surface area (Å²) in [6.45, 7) is 13.4. The maximum atomic E-state index is 11.9. The molecule has 1 amide bonds. The van der Waals surface area contributed by atoms with E-state index in [0.29, 0.717) is 25.0 Å². The number of aromatic nitrogens is 2. The molecule has 1 aromatic heterocycles. The fourth-order valence-electron chi connectivity index (χ4n) is 2.50. The smallest absolute Gasteiger partial charge is 0.246 e. The third-order valence-corrected chi connectivity index (χ3v) is 3.61. The Morgan fingerprint density at radius 1 is 1.21 bits per heavy atom. The highest BCUT2D eigenvalue weighted by molar-refractivity contribution is 5.92. The molecule has 124 valence electrons. The van der Waals surface area contributed by atoms with Crippen molar-refractivity contribution >= 4 is 5.91 Å². The van der Waals surface area contributed by atoms with E-state index < -0.39 is 0 Å². The van der Waals surface area contributed by atoms with Crippen molar-refractivity contribution in [2.75, 3.05) is 0 Å². The number of hydrogen-bond acceptors (Lipinski definition) is 2. The molecule has 0 saturated carbocycles. The lowest BCUT2D eigenvalue weighted by Gasteiger charge is -2.13. The van der Waals surface area contributed by atoms with Crippen LogP contribution in [0.4, 0.5) is 0 Å². The van der Waals surface area contributed by atoms with Crippen LogP contribution in [0, 0.1) is 0 Å². The standard InChI is InChI=1S/C20H23N3O/c1-5-10-17-18(14-21-20(24)15(3)4)23(19(22-17)11-6-2)16-12-8-7-9-13-16/h5-9,12-13H,1-3,10-11,14H2,4H3,(H,21,24). The van der Waals surface area contributed by atoms with Gasteiger partial charge in [0.15, 0.2) is 0 Å². The highest BCUT2D eigenvalue weighted by Gasteiger charge is 2.17. The second-order valence-corrected chi connectivity index (χ2v) is 5.54. The lowest BCUT2D eigenvalue weighted by Crippen LogP contribution is -2.25. The molecule has 0 saturated heterocycles. The molecule has 0 unspecified atom stereocenters. The Kier molecular flexibility index (Phi) is 5.90. The molecular weight excluding hydrogens is 298 g/mol. The lowest BCUT2D eigenvalue weighted by atomic mass is 10.2. The van der Waals surface area contributed by atoms with Crippen LogP contribution < -0.4 is 5.32 Å². The minimum absolute atomic E-state index is 0.161. The van der Waals surface area contributed by atoms with E-state index in [2.05, 4.69) is 29.6 Å². The summed E-state index contributed by atoms with van der Waals surface area (Å²) in [7, 11) is 0. The van der Waals surface area contributed by atoms with Gasteiger partial charge in [0.25, 0.3) is 0 Å². The van der Waals surface area contributed by atoms with Crippen LogP contribution in [0.15, 0.2) is 67.8 Å². The molecule has 0 aliphatic heterocycles. The summed E-state index contributed by atoms with van der Waals surface area (Å²) >= 11 is 0. The van der Waals surface area contributed by atoms with Crippen molar-refractivity contribution in [2.24, 2.45) is 0 Å². The van der Waals surface area contributed by atoms with E-state index >= 15 is 0 Å². The Labute approximate surface area is 143 Å². The Bertz CT molecular complexity index is 757. The predicted octanol–water partition coefficient (Wildman–Crippen LogP) is 3.52. The van der Waals surface area contributed by atoms with Crippen LogP contribution in [0.2, 0.25) is 0 Å². The normalized spacial score (nSPS) is 10.2. The second-order valence-electron chi connectivity index (χ2n) is 5.54. The molecule has 0 radical (unpaired) electrons. The fourth-order valence-corrected chi connectivity index (χ4v) is 2.50. The summed E-state index contributed by atoms with van der Waals surface area (Å²) in [6, 6.07) is 9.99. The monoisotopic (exact) mass is 321 g/mol. The van der Waals surface area contributed by atoms with Crippen molar-refractivity contribution in [3.63, 3.8) is 0 Å². The molecule has 4 heteroatoms. The van der Waals surface area contributed by atoms with Crippen LogP contribution in [0.25, 0.3) is 5.69 Å². The third kappa shape index (κ3) is 3.90. The molecule has 0 bridgehead atoms. The lowest BCUT2D eigenvalue weighted by molar-refractivity contribution is -0.117. The minimum atomic E-state index is -0.161. The van der Waals surface area contributed by atoms with E-state index in [0.717, 1.165) is 22.9 Å². The summed E-state index contributed by atoms with van der Waals surface area (Å²) in [5, 5.41) is 2.90. The van der Waals surface area contributed by atoms with Gasteiger partial charge in [0.05, 0.1) is 17.9 Å². The SMILES string of the molecule is C=CCc1nc(CC=C)n(-c2ccccc2)c1CNC(=O)C(=C)C. The summed E-state index contributed by atoms with van der Waals surface area (Å²) in [5.41, 5.74) is 3.36. The molecule has 2 aromatic rings. The van der Waals surface area contributed by atoms with Crippen LogP contribution in [0.1, 0.15) is 24.1 Å². The molecule has 1 aromatic carbocycles. The number of benzene rings is 1. The van der Waals surface area contributed by atoms with E-state index in [-0.39, 0.29) is 5.91 Å². The number of amides is 1. The number of rotatable bonds is 8. The average Bonchev–Trinajstić information content (AvgIpc) is 2.91. The predicted molar refractivity (Wildman–Crippen MR) is 98.0 cm³/mol. The number of nitrogens with zero attached hydrogens (tertiary/aromatic N) is 2. The first kappa shape index (κ1) is 17.5. The molecular formula is C20H23N3O. The maximum Gasteiger partial charge on any atom is 0.246 e. The van der Waals surface area contributed by atoms with Gasteiger partial charge in [0, 0.05) is 24.1 Å². The maximum absolute atomic E-state index is 11.9. The summed E-state index contributed by atoms with van der Waals surface area (Å²) in [5.74, 6) is 0.734. The molecule has 0 atom stereocenters. The van der Waals surface area contributed by atoms with Gasteiger partial charge in [-0.3, -0.25) is 9.36 Å². The van der Waals surface area contributed by atoms with Gasteiger partial charge in [-0.05, 0) is 19.1 Å². The molecule has 4 nitrogen and oxygen atoms in total. The first-order valence-corrected chi connectivity index (χ1v) is 7.88. The largest absolute Gasteiger partial charge is 0.347 e. The molecule has 0 spiro atoms. The van der Waals surface area contributed by atoms with Crippen molar-refractivity contribution in [3.8, 4) is 5.69 Å². The van der Waals surface area contributed by atoms with E-state index in [1.54, 1.807) is 6.92 Å². The summed E-state index contributed by atoms with van der Waals surface area (Å²) in [6.07, 6.45) is 4.94. The second kappa shape index (κ2) is 8.11. The van der Waals surface area contributed by atoms with Crippen molar-refractivity contribution in [1.29, 1.82) is 0 Å². The van der Waals surface area contributed by atoms with E-state index in [9.17, 15) is 4.79 Å². The summed E-state index contributed by atoms with van der Waals surface area (Å²) in [4.78, 5) is 16.6. The highest BCUT2D eigenvalue weighted by Crippen LogP contribution is 2.20. The van der Waals surface area contributed by atoms with Crippen LogP contribution >= 0.6 is 0 Å². The number of carbonyl (C=O) groups excluding carboxylic acids is 1. The number of hydrogen-bond donors (Lipinski definition) is 1. The average molecular weight is 321 g/mol. The van der Waals surface area contributed by atoms with Gasteiger partial charge in [-0.25, -0.2) is 4.98 Å². The molecule has 24 heavy (non-hydrogen) atoms. The number of nitrogens with one attached hydrogen (secondary N) is 1. The van der Waals surface area contributed by atoms with Crippen LogP contribution in [-0.4, -0.2) is 15.5 Å². The molecule has 0 aliphatic carbocycles. The number of para-hydroxylation sites is 1. The van der Waals surface area contributed by atoms with Gasteiger partial charge in [-0.15, -0.1) is 13.2 Å². The fraction of sp³-hybridized carbons (Fsp3) is 0.200. The zero-order chi connectivity index (χ0) is 17.5. The van der Waals surface area contributed by atoms with Crippen molar-refractivity contribution in [2.45, 2.75) is 26.3 Å². The van der Waals surface area contributed by atoms with Gasteiger partial charge >= 0.3 is 0 Å². The van der Waals surface area contributed by atoms with Gasteiger partial charge in [-0.2, -0.15) is 0 Å². The van der Waals surface area contributed by atoms with Gasteiger partial charge in [0.2, 0.25) is 5.91 Å². The highest BCUT2D eigenvalue weighted by atomic mass is 16.1. The van der Waals surface area contributed by atoms with E-state index in [4.69, 9.17) is 4.98 Å². The molecule has 1 N–H and O–H groups in total. The zero-order valence-corrected chi connectivity index (χ0v) is 14.1. The first-order valence-electron chi connectivity index (χ1n) is 7.88. The number of imidazole rings is 1. The van der Waals surface area contributed by atoms with Crippen LogP contribution in [0.3, 0.4) is 0 Å². The van der Waals surface area contributed by atoms with Crippen molar-refractivity contribution in [3.05, 3.63) is 85.0 Å². The zero-order valence-electron chi connectivity index (χ0n) is 14.1. The quantitative estimate of drug-likeness (QED) is 0.597.